The molecule has 0 saturated carbocycles. The topological polar surface area (TPSA) is 137 Å². The molecule has 0 spiro atoms. The van der Waals surface area contributed by atoms with Crippen LogP contribution < -0.4 is 0 Å². The summed E-state index contributed by atoms with van der Waals surface area (Å²) in [6, 6.07) is 4.12. The van der Waals surface area contributed by atoms with E-state index in [0.717, 1.165) is 0 Å². The zero-order chi connectivity index (χ0) is 21.1. The number of aliphatic imine (C=N–C) groups is 1. The van der Waals surface area contributed by atoms with E-state index in [0.29, 0.717) is 26.3 Å². The molecule has 11 nitrogen and oxygen atoms in total. The lowest BCUT2D eigenvalue weighted by Gasteiger charge is -2.35. The molecule has 2 atom stereocenters. The Balaban J connectivity index is 2.19. The quantitative estimate of drug-likeness (QED) is 0.418. The SMILES string of the molecule is COC(=O)C1=C(C)N=C(N2CCOCC2)C([N+](=O)[O-])C1c1cccc([N+](=O)[O-])c1. The minimum absolute atomic E-state index is 0.0201. The van der Waals surface area contributed by atoms with Gasteiger partial charge < -0.3 is 14.4 Å². The van der Waals surface area contributed by atoms with Crippen molar-refractivity contribution in [3.8, 4) is 0 Å². The minimum Gasteiger partial charge on any atom is -0.466 e. The Labute approximate surface area is 165 Å². The second-order valence-corrected chi connectivity index (χ2v) is 6.62. The molecule has 0 amide bonds. The highest BCUT2D eigenvalue weighted by atomic mass is 16.6. The van der Waals surface area contributed by atoms with Gasteiger partial charge in [-0.25, -0.2) is 9.79 Å². The Morgan fingerprint density at radius 1 is 1.28 bits per heavy atom. The maximum absolute atomic E-state index is 12.5. The molecule has 29 heavy (non-hydrogen) atoms. The first-order valence-electron chi connectivity index (χ1n) is 8.93. The number of nitro groups is 2. The average molecular weight is 404 g/mol. The van der Waals surface area contributed by atoms with Crippen molar-refractivity contribution in [1.29, 1.82) is 0 Å². The van der Waals surface area contributed by atoms with E-state index in [1.165, 1.54) is 31.4 Å². The number of carbonyl (C=O) groups is 1. The molecule has 3 rings (SSSR count). The average Bonchev–Trinajstić information content (AvgIpc) is 2.72. The van der Waals surface area contributed by atoms with E-state index in [-0.39, 0.29) is 28.4 Å². The van der Waals surface area contributed by atoms with Crippen molar-refractivity contribution in [3.63, 3.8) is 0 Å². The Morgan fingerprint density at radius 2 is 1.97 bits per heavy atom. The van der Waals surface area contributed by atoms with Crippen molar-refractivity contribution < 1.29 is 24.1 Å². The van der Waals surface area contributed by atoms with E-state index in [1.807, 2.05) is 0 Å². The van der Waals surface area contributed by atoms with Crippen LogP contribution in [0.2, 0.25) is 0 Å². The molecule has 2 aliphatic heterocycles. The van der Waals surface area contributed by atoms with E-state index in [2.05, 4.69) is 4.99 Å². The summed E-state index contributed by atoms with van der Waals surface area (Å²) in [7, 11) is 1.18. The molecule has 0 N–H and O–H groups in total. The Morgan fingerprint density at radius 3 is 2.55 bits per heavy atom. The number of benzene rings is 1. The fourth-order valence-electron chi connectivity index (χ4n) is 3.66. The third-order valence-electron chi connectivity index (χ3n) is 4.97. The molecule has 0 aliphatic carbocycles. The lowest BCUT2D eigenvalue weighted by molar-refractivity contribution is -0.507. The largest absolute Gasteiger partial charge is 0.466 e. The maximum atomic E-state index is 12.5. The van der Waals surface area contributed by atoms with E-state index < -0.39 is 27.8 Å². The van der Waals surface area contributed by atoms with Crippen LogP contribution in [0.4, 0.5) is 5.69 Å². The number of morpholine rings is 1. The number of non-ortho nitro benzene ring substituents is 1. The van der Waals surface area contributed by atoms with Crippen molar-refractivity contribution in [3.05, 3.63) is 61.3 Å². The number of amidine groups is 1. The van der Waals surface area contributed by atoms with Crippen molar-refractivity contribution in [2.24, 2.45) is 4.99 Å². The normalized spacial score (nSPS) is 22.1. The van der Waals surface area contributed by atoms with Crippen LogP contribution in [0.5, 0.6) is 0 Å². The number of rotatable bonds is 4. The molecular weight excluding hydrogens is 384 g/mol. The highest BCUT2D eigenvalue weighted by Crippen LogP contribution is 2.38. The molecule has 0 aromatic heterocycles. The fourth-order valence-corrected chi connectivity index (χ4v) is 3.66. The van der Waals surface area contributed by atoms with Crippen molar-refractivity contribution >= 4 is 17.5 Å². The monoisotopic (exact) mass is 404 g/mol. The molecule has 1 fully saturated rings. The van der Waals surface area contributed by atoms with Crippen molar-refractivity contribution in [2.45, 2.75) is 18.9 Å². The molecule has 154 valence electrons. The van der Waals surface area contributed by atoms with Gasteiger partial charge in [0, 0.05) is 30.1 Å². The lowest BCUT2D eigenvalue weighted by atomic mass is 9.81. The van der Waals surface area contributed by atoms with Gasteiger partial charge in [-0.05, 0) is 12.5 Å². The number of hydrogen-bond donors (Lipinski definition) is 0. The number of nitrogens with zero attached hydrogens (tertiary/aromatic N) is 4. The summed E-state index contributed by atoms with van der Waals surface area (Å²) in [5.41, 5.74) is 0.364. The first kappa shape index (κ1) is 20.4. The van der Waals surface area contributed by atoms with Crippen molar-refractivity contribution in [1.82, 2.24) is 4.90 Å². The number of ether oxygens (including phenoxy) is 2. The predicted octanol–water partition coefficient (Wildman–Crippen LogP) is 1.52. The van der Waals surface area contributed by atoms with Gasteiger partial charge in [0.05, 0.1) is 42.4 Å². The summed E-state index contributed by atoms with van der Waals surface area (Å²) in [4.78, 5) is 40.9. The summed E-state index contributed by atoms with van der Waals surface area (Å²) >= 11 is 0. The van der Waals surface area contributed by atoms with Crippen molar-refractivity contribution in [2.75, 3.05) is 33.4 Å². The van der Waals surface area contributed by atoms with E-state index in [1.54, 1.807) is 11.8 Å². The molecule has 2 unspecified atom stereocenters. The van der Waals surface area contributed by atoms with Gasteiger partial charge in [-0.2, -0.15) is 0 Å². The minimum atomic E-state index is -1.40. The molecule has 2 aliphatic rings. The number of allylic oxidation sites excluding steroid dienone is 1. The second kappa shape index (κ2) is 8.35. The highest BCUT2D eigenvalue weighted by Gasteiger charge is 2.48. The molecule has 0 radical (unpaired) electrons. The first-order valence-corrected chi connectivity index (χ1v) is 8.93. The molecule has 1 aromatic carbocycles. The standard InChI is InChI=1S/C18H20N4O7/c1-11-14(18(23)28-2)15(12-4-3-5-13(10-12)21(24)25)16(22(26)27)17(19-11)20-6-8-29-9-7-20/h3-5,10,15-16H,6-9H2,1-2H3. The van der Waals surface area contributed by atoms with Gasteiger partial charge in [-0.15, -0.1) is 0 Å². The fraction of sp³-hybridized carbons (Fsp3) is 0.444. The van der Waals surface area contributed by atoms with E-state index in [9.17, 15) is 25.0 Å². The number of hydrogen-bond acceptors (Lipinski definition) is 9. The zero-order valence-corrected chi connectivity index (χ0v) is 15.9. The number of nitro benzene ring substituents is 1. The van der Waals surface area contributed by atoms with Gasteiger partial charge in [0.1, 0.15) is 0 Å². The maximum Gasteiger partial charge on any atom is 0.336 e. The molecule has 1 saturated heterocycles. The Hall–Kier alpha value is -3.34. The third kappa shape index (κ3) is 3.94. The lowest BCUT2D eigenvalue weighted by Crippen LogP contribution is -2.52. The molecule has 1 aromatic rings. The molecular formula is C18H20N4O7. The van der Waals surface area contributed by atoms with Gasteiger partial charge in [-0.1, -0.05) is 12.1 Å². The van der Waals surface area contributed by atoms with Gasteiger partial charge in [0.2, 0.25) is 0 Å². The first-order chi connectivity index (χ1) is 13.8. The summed E-state index contributed by atoms with van der Waals surface area (Å²) in [6.07, 6.45) is 0. The summed E-state index contributed by atoms with van der Waals surface area (Å²) < 4.78 is 10.2. The van der Waals surface area contributed by atoms with Crippen LogP contribution in [0.1, 0.15) is 18.4 Å². The summed E-state index contributed by atoms with van der Waals surface area (Å²) in [5, 5.41) is 23.4. The second-order valence-electron chi connectivity index (χ2n) is 6.62. The van der Waals surface area contributed by atoms with Gasteiger partial charge in [-0.3, -0.25) is 20.2 Å². The van der Waals surface area contributed by atoms with Crippen LogP contribution in [0, 0.1) is 20.2 Å². The third-order valence-corrected chi connectivity index (χ3v) is 4.97. The van der Waals surface area contributed by atoms with Crippen LogP contribution in [0.15, 0.2) is 40.5 Å². The summed E-state index contributed by atoms with van der Waals surface area (Å²) in [5.74, 6) is -1.62. The molecule has 0 bridgehead atoms. The van der Waals surface area contributed by atoms with Crippen LogP contribution >= 0.6 is 0 Å². The molecule has 2 heterocycles. The van der Waals surface area contributed by atoms with E-state index >= 15 is 0 Å². The Bertz CT molecular complexity index is 905. The smallest absolute Gasteiger partial charge is 0.336 e. The van der Waals surface area contributed by atoms with Crippen LogP contribution in [0.25, 0.3) is 0 Å². The van der Waals surface area contributed by atoms with Gasteiger partial charge in [0.25, 0.3) is 11.7 Å². The highest BCUT2D eigenvalue weighted by molar-refractivity contribution is 5.98. The molecule has 11 heteroatoms. The Kier molecular flexibility index (Phi) is 5.87. The predicted molar refractivity (Wildman–Crippen MR) is 101 cm³/mol. The van der Waals surface area contributed by atoms with Crippen LogP contribution in [0.3, 0.4) is 0 Å². The zero-order valence-electron chi connectivity index (χ0n) is 15.9. The van der Waals surface area contributed by atoms with Gasteiger partial charge >= 0.3 is 5.97 Å². The number of carbonyl (C=O) groups excluding carboxylic acids is 1. The van der Waals surface area contributed by atoms with Gasteiger partial charge in [0.15, 0.2) is 5.84 Å². The summed E-state index contributed by atoms with van der Waals surface area (Å²) in [6.45, 7) is 3.22. The number of esters is 1. The number of methoxy groups -OCH3 is 1. The van der Waals surface area contributed by atoms with Crippen LogP contribution in [-0.4, -0.2) is 66.0 Å². The van der Waals surface area contributed by atoms with Crippen LogP contribution in [-0.2, 0) is 14.3 Å². The van der Waals surface area contributed by atoms with E-state index in [4.69, 9.17) is 9.47 Å².